The van der Waals surface area contributed by atoms with Crippen molar-refractivity contribution in [3.8, 4) is 22.4 Å². The highest BCUT2D eigenvalue weighted by atomic mass is 35.5. The first-order valence-electron chi connectivity index (χ1n) is 11.0. The van der Waals surface area contributed by atoms with Crippen molar-refractivity contribution in [2.45, 2.75) is 45.4 Å². The minimum atomic E-state index is 0.258. The van der Waals surface area contributed by atoms with Crippen molar-refractivity contribution in [3.63, 3.8) is 0 Å². The Morgan fingerprint density at radius 1 is 0.774 bits per heavy atom. The molecule has 1 aliphatic carbocycles. The maximum Gasteiger partial charge on any atom is 0.129 e. The summed E-state index contributed by atoms with van der Waals surface area (Å²) < 4.78 is 0. The van der Waals surface area contributed by atoms with Gasteiger partial charge in [0, 0.05) is 16.5 Å². The molecule has 0 N–H and O–H groups in total. The SMILES string of the molecule is CC(C)(C)C1(c2ccc(-c3nc4ccc(Cl)nc4cc3-c3ccccc3)cc2)CCC1. The minimum absolute atomic E-state index is 0.258. The van der Waals surface area contributed by atoms with E-state index in [9.17, 15) is 0 Å². The summed E-state index contributed by atoms with van der Waals surface area (Å²) in [5.41, 5.74) is 7.97. The van der Waals surface area contributed by atoms with E-state index >= 15 is 0 Å². The number of hydrogen-bond donors (Lipinski definition) is 0. The van der Waals surface area contributed by atoms with Gasteiger partial charge in [-0.05, 0) is 47.6 Å². The first kappa shape index (κ1) is 20.2. The summed E-state index contributed by atoms with van der Waals surface area (Å²) in [4.78, 5) is 9.51. The normalized spacial score (nSPS) is 15.6. The van der Waals surface area contributed by atoms with Crippen LogP contribution in [0.25, 0.3) is 33.4 Å². The van der Waals surface area contributed by atoms with Gasteiger partial charge in [0.05, 0.1) is 16.7 Å². The van der Waals surface area contributed by atoms with E-state index < -0.39 is 0 Å². The Morgan fingerprint density at radius 2 is 1.48 bits per heavy atom. The van der Waals surface area contributed by atoms with E-state index in [1.54, 1.807) is 6.07 Å². The third-order valence-electron chi connectivity index (χ3n) is 7.08. The van der Waals surface area contributed by atoms with E-state index in [0.29, 0.717) is 5.15 Å². The van der Waals surface area contributed by atoms with E-state index in [1.807, 2.05) is 12.1 Å². The van der Waals surface area contributed by atoms with Gasteiger partial charge >= 0.3 is 0 Å². The van der Waals surface area contributed by atoms with Crippen LogP contribution in [0.15, 0.2) is 72.8 Å². The number of hydrogen-bond acceptors (Lipinski definition) is 2. The average Bonchev–Trinajstić information content (AvgIpc) is 2.72. The molecule has 4 aromatic rings. The van der Waals surface area contributed by atoms with Crippen molar-refractivity contribution in [3.05, 3.63) is 83.5 Å². The lowest BCUT2D eigenvalue weighted by atomic mass is 9.52. The molecule has 5 rings (SSSR count). The molecule has 31 heavy (non-hydrogen) atoms. The third kappa shape index (κ3) is 3.43. The van der Waals surface area contributed by atoms with Crippen LogP contribution in [0, 0.1) is 5.41 Å². The van der Waals surface area contributed by atoms with Gasteiger partial charge in [-0.1, -0.05) is 93.4 Å². The molecule has 156 valence electrons. The molecule has 2 nitrogen and oxygen atoms in total. The lowest BCUT2D eigenvalue weighted by molar-refractivity contribution is 0.0852. The Bertz CT molecular complexity index is 1230. The maximum absolute atomic E-state index is 6.15. The van der Waals surface area contributed by atoms with Crippen LogP contribution < -0.4 is 0 Å². The molecule has 0 radical (unpaired) electrons. The first-order valence-corrected chi connectivity index (χ1v) is 11.4. The van der Waals surface area contributed by atoms with E-state index in [1.165, 1.54) is 24.8 Å². The van der Waals surface area contributed by atoms with Gasteiger partial charge in [-0.3, -0.25) is 0 Å². The van der Waals surface area contributed by atoms with Gasteiger partial charge in [0.2, 0.25) is 0 Å². The number of pyridine rings is 2. The zero-order chi connectivity index (χ0) is 21.6. The molecule has 0 bridgehead atoms. The van der Waals surface area contributed by atoms with E-state index in [2.05, 4.69) is 80.4 Å². The summed E-state index contributed by atoms with van der Waals surface area (Å²) in [6.07, 6.45) is 3.86. The molecular formula is C28H27ClN2. The second kappa shape index (κ2) is 7.46. The van der Waals surface area contributed by atoms with Crippen molar-refractivity contribution < 1.29 is 0 Å². The van der Waals surface area contributed by atoms with E-state index in [-0.39, 0.29) is 10.8 Å². The lowest BCUT2D eigenvalue weighted by Crippen LogP contribution is -2.45. The summed E-state index contributed by atoms with van der Waals surface area (Å²) >= 11 is 6.15. The topological polar surface area (TPSA) is 25.8 Å². The zero-order valence-corrected chi connectivity index (χ0v) is 19.1. The number of nitrogens with zero attached hydrogens (tertiary/aromatic N) is 2. The Morgan fingerprint density at radius 3 is 2.10 bits per heavy atom. The van der Waals surface area contributed by atoms with E-state index in [0.717, 1.165) is 33.4 Å². The molecule has 1 aliphatic rings. The van der Waals surface area contributed by atoms with Crippen LogP contribution in [0.1, 0.15) is 45.6 Å². The lowest BCUT2D eigenvalue weighted by Gasteiger charge is -2.52. The maximum atomic E-state index is 6.15. The van der Waals surface area contributed by atoms with Gasteiger partial charge in [0.15, 0.2) is 0 Å². The number of fused-ring (bicyclic) bond motifs is 1. The molecule has 0 amide bonds. The quantitative estimate of drug-likeness (QED) is 0.309. The molecule has 0 unspecified atom stereocenters. The van der Waals surface area contributed by atoms with Gasteiger partial charge in [-0.15, -0.1) is 0 Å². The Balaban J connectivity index is 1.65. The third-order valence-corrected chi connectivity index (χ3v) is 7.29. The molecule has 2 aromatic heterocycles. The summed E-state index contributed by atoms with van der Waals surface area (Å²) in [6, 6.07) is 25.4. The van der Waals surface area contributed by atoms with Gasteiger partial charge in [0.25, 0.3) is 0 Å². The van der Waals surface area contributed by atoms with Crippen molar-refractivity contribution in [1.82, 2.24) is 9.97 Å². The number of benzene rings is 2. The van der Waals surface area contributed by atoms with Gasteiger partial charge in [0.1, 0.15) is 5.15 Å². The van der Waals surface area contributed by atoms with Gasteiger partial charge in [-0.2, -0.15) is 0 Å². The molecule has 1 saturated carbocycles. The highest BCUT2D eigenvalue weighted by Crippen LogP contribution is 2.55. The van der Waals surface area contributed by atoms with Crippen molar-refractivity contribution in [1.29, 1.82) is 0 Å². The Hall–Kier alpha value is -2.71. The monoisotopic (exact) mass is 426 g/mol. The fourth-order valence-electron chi connectivity index (χ4n) is 5.04. The first-order chi connectivity index (χ1) is 14.9. The largest absolute Gasteiger partial charge is 0.245 e. The number of rotatable bonds is 3. The molecule has 1 fully saturated rings. The van der Waals surface area contributed by atoms with Crippen LogP contribution in [-0.2, 0) is 5.41 Å². The second-order valence-electron chi connectivity index (χ2n) is 9.69. The zero-order valence-electron chi connectivity index (χ0n) is 18.3. The van der Waals surface area contributed by atoms with Crippen molar-refractivity contribution in [2.75, 3.05) is 0 Å². The molecule has 0 spiro atoms. The predicted molar refractivity (Wildman–Crippen MR) is 130 cm³/mol. The van der Waals surface area contributed by atoms with Gasteiger partial charge < -0.3 is 0 Å². The van der Waals surface area contributed by atoms with Crippen LogP contribution >= 0.6 is 11.6 Å². The van der Waals surface area contributed by atoms with Crippen LogP contribution in [-0.4, -0.2) is 9.97 Å². The molecule has 0 aliphatic heterocycles. The van der Waals surface area contributed by atoms with Crippen molar-refractivity contribution in [2.24, 2.45) is 5.41 Å². The highest BCUT2D eigenvalue weighted by Gasteiger charge is 2.47. The Kier molecular flexibility index (Phi) is 4.86. The smallest absolute Gasteiger partial charge is 0.129 e. The second-order valence-corrected chi connectivity index (χ2v) is 10.1. The average molecular weight is 427 g/mol. The number of aromatic nitrogens is 2. The van der Waals surface area contributed by atoms with E-state index in [4.69, 9.17) is 16.6 Å². The highest BCUT2D eigenvalue weighted by molar-refractivity contribution is 6.29. The summed E-state index contributed by atoms with van der Waals surface area (Å²) in [6.45, 7) is 7.11. The molecule has 0 atom stereocenters. The molecular weight excluding hydrogens is 400 g/mol. The molecule has 0 saturated heterocycles. The molecule has 2 heterocycles. The van der Waals surface area contributed by atoms with Gasteiger partial charge in [-0.25, -0.2) is 9.97 Å². The standard InChI is InChI=1S/C28H27ClN2/c1-27(2,3)28(16-7-17-28)21-12-10-20(11-13-21)26-22(19-8-5-4-6-9-19)18-24-23(31-26)14-15-25(29)30-24/h4-6,8-15,18H,7,16-17H2,1-3H3. The van der Waals surface area contributed by atoms with Crippen LogP contribution in [0.3, 0.4) is 0 Å². The summed E-state index contributed by atoms with van der Waals surface area (Å²) in [5.74, 6) is 0. The summed E-state index contributed by atoms with van der Waals surface area (Å²) in [7, 11) is 0. The minimum Gasteiger partial charge on any atom is -0.245 e. The van der Waals surface area contributed by atoms with Crippen LogP contribution in [0.2, 0.25) is 5.15 Å². The number of halogens is 1. The Labute approximate surface area is 189 Å². The van der Waals surface area contributed by atoms with Crippen LogP contribution in [0.4, 0.5) is 0 Å². The molecule has 2 aromatic carbocycles. The van der Waals surface area contributed by atoms with Crippen molar-refractivity contribution >= 4 is 22.6 Å². The van der Waals surface area contributed by atoms with Crippen LogP contribution in [0.5, 0.6) is 0 Å². The predicted octanol–water partition coefficient (Wildman–Crippen LogP) is 8.09. The summed E-state index contributed by atoms with van der Waals surface area (Å²) in [5, 5.41) is 0.485. The molecule has 3 heteroatoms. The fourth-order valence-corrected chi connectivity index (χ4v) is 5.19. The fraction of sp³-hybridized carbons (Fsp3) is 0.286.